The maximum absolute atomic E-state index is 9.90. The number of pyridine rings is 3. The Balaban J connectivity index is 1.68. The van der Waals surface area contributed by atoms with Crippen LogP contribution in [0.4, 0.5) is 0 Å². The summed E-state index contributed by atoms with van der Waals surface area (Å²) in [6, 6.07) is 24.5. The highest BCUT2D eigenvalue weighted by atomic mass is 16.5. The van der Waals surface area contributed by atoms with Crippen molar-refractivity contribution in [3.8, 4) is 33.9 Å². The lowest BCUT2D eigenvalue weighted by molar-refractivity contribution is -0.516. The first-order valence-corrected chi connectivity index (χ1v) is 12.8. The largest absolute Gasteiger partial charge is 0.492 e. The van der Waals surface area contributed by atoms with Crippen LogP contribution in [0.5, 0.6) is 11.5 Å². The molecule has 0 aliphatic carbocycles. The Kier molecular flexibility index (Phi) is 6.35. The molecule has 2 N–H and O–H groups in total. The fourth-order valence-corrected chi connectivity index (χ4v) is 5.53. The summed E-state index contributed by atoms with van der Waals surface area (Å²) < 4.78 is 14.0. The number of aryl methyl sites for hydroxylation is 1. The van der Waals surface area contributed by atoms with Gasteiger partial charge in [-0.25, -0.2) is 0 Å². The Bertz CT molecular complexity index is 1870. The topological polar surface area (TPSA) is 75.9 Å². The van der Waals surface area contributed by atoms with Gasteiger partial charge in [0.25, 0.3) is 0 Å². The van der Waals surface area contributed by atoms with Crippen LogP contribution < -0.4 is 13.9 Å². The van der Waals surface area contributed by atoms with E-state index in [0.29, 0.717) is 11.5 Å². The monoisotopic (exact) mass is 517 g/mol. The van der Waals surface area contributed by atoms with Crippen LogP contribution in [0, 0.1) is 6.92 Å². The van der Waals surface area contributed by atoms with E-state index in [-0.39, 0.29) is 13.2 Å². The Morgan fingerprint density at radius 3 is 2.21 bits per heavy atom. The van der Waals surface area contributed by atoms with E-state index in [1.165, 1.54) is 0 Å². The zero-order valence-electron chi connectivity index (χ0n) is 22.1. The van der Waals surface area contributed by atoms with Crippen LogP contribution in [0.15, 0.2) is 85.2 Å². The number of hydrogen-bond donors (Lipinski definition) is 2. The molecule has 194 valence electrons. The van der Waals surface area contributed by atoms with Gasteiger partial charge in [-0.2, -0.15) is 4.40 Å². The highest BCUT2D eigenvalue weighted by Crippen LogP contribution is 2.44. The van der Waals surface area contributed by atoms with Gasteiger partial charge in [0.2, 0.25) is 5.52 Å². The molecule has 6 aromatic rings. The lowest BCUT2D eigenvalue weighted by atomic mass is 9.97. The summed E-state index contributed by atoms with van der Waals surface area (Å²) in [5.41, 5.74) is 7.25. The Morgan fingerprint density at radius 1 is 0.744 bits per heavy atom. The minimum absolute atomic E-state index is 0.124. The molecule has 3 heterocycles. The van der Waals surface area contributed by atoms with E-state index in [2.05, 4.69) is 41.7 Å². The number of nitrogens with zero attached hydrogens (tertiary/aromatic N) is 2. The predicted molar refractivity (Wildman–Crippen MR) is 153 cm³/mol. The molecular formula is C33H29N2O4+. The van der Waals surface area contributed by atoms with Crippen molar-refractivity contribution in [2.75, 3.05) is 14.2 Å². The van der Waals surface area contributed by atoms with Gasteiger partial charge in [-0.15, -0.1) is 0 Å². The first-order valence-electron chi connectivity index (χ1n) is 12.8. The lowest BCUT2D eigenvalue weighted by Gasteiger charge is -2.16. The van der Waals surface area contributed by atoms with E-state index in [0.717, 1.165) is 66.3 Å². The third kappa shape index (κ3) is 4.05. The van der Waals surface area contributed by atoms with E-state index < -0.39 is 0 Å². The standard InChI is InChI=1S/C33H29N2O4/c1-20-27-14-25(19-37)24(18-36)13-23(27)16-31-28-17-29(33(39-3)32(38-2)26(28)10-12-35(20)31)30-15-22(9-11-34-30)21-7-5-4-6-8-21/h4-17,36-37H,18-19H2,1-3H3/q+1. The second-order valence-electron chi connectivity index (χ2n) is 9.57. The Labute approximate surface area is 226 Å². The minimum atomic E-state index is -0.135. The van der Waals surface area contributed by atoms with Crippen LogP contribution in [0.25, 0.3) is 49.4 Å². The van der Waals surface area contributed by atoms with Gasteiger partial charge in [0, 0.05) is 41.6 Å². The number of ether oxygens (including phenoxy) is 2. The van der Waals surface area contributed by atoms with Crippen molar-refractivity contribution in [1.82, 2.24) is 4.98 Å². The van der Waals surface area contributed by atoms with Gasteiger partial charge in [0.1, 0.15) is 0 Å². The van der Waals surface area contributed by atoms with Crippen LogP contribution in [0.3, 0.4) is 0 Å². The summed E-state index contributed by atoms with van der Waals surface area (Å²) in [5, 5.41) is 23.7. The average molecular weight is 518 g/mol. The first kappa shape index (κ1) is 24.8. The molecule has 0 spiro atoms. The van der Waals surface area contributed by atoms with E-state index in [1.54, 1.807) is 14.2 Å². The number of aliphatic hydroxyl groups is 2. The van der Waals surface area contributed by atoms with Gasteiger partial charge in [0.15, 0.2) is 23.4 Å². The SMILES string of the molecule is COc1c(-c2cc(-c3ccccc3)ccn2)cc2c(cc[n+]3c(C)c4cc(CO)c(CO)cc4cc23)c1OC. The average Bonchev–Trinajstić information content (AvgIpc) is 2.99. The maximum atomic E-state index is 9.90. The van der Waals surface area contributed by atoms with Crippen LogP contribution >= 0.6 is 0 Å². The van der Waals surface area contributed by atoms with E-state index >= 15 is 0 Å². The third-order valence-corrected chi connectivity index (χ3v) is 7.51. The summed E-state index contributed by atoms with van der Waals surface area (Å²) in [6.45, 7) is 1.80. The van der Waals surface area contributed by atoms with Crippen LogP contribution in [-0.4, -0.2) is 29.4 Å². The molecule has 6 nitrogen and oxygen atoms in total. The Hall–Kier alpha value is -4.52. The van der Waals surface area contributed by atoms with Gasteiger partial charge in [-0.3, -0.25) is 4.98 Å². The second-order valence-corrected chi connectivity index (χ2v) is 9.57. The number of fused-ring (bicyclic) bond motifs is 4. The molecule has 39 heavy (non-hydrogen) atoms. The summed E-state index contributed by atoms with van der Waals surface area (Å²) in [4.78, 5) is 4.72. The number of hydrogen-bond acceptors (Lipinski definition) is 5. The smallest absolute Gasteiger partial charge is 0.219 e. The van der Waals surface area contributed by atoms with E-state index in [4.69, 9.17) is 14.5 Å². The zero-order valence-corrected chi connectivity index (χ0v) is 22.1. The van der Waals surface area contributed by atoms with Gasteiger partial charge in [0.05, 0.1) is 38.5 Å². The molecule has 0 radical (unpaired) electrons. The molecule has 0 saturated heterocycles. The molecule has 0 atom stereocenters. The number of aliphatic hydroxyl groups excluding tert-OH is 2. The maximum Gasteiger partial charge on any atom is 0.219 e. The minimum Gasteiger partial charge on any atom is -0.492 e. The molecular weight excluding hydrogens is 488 g/mol. The molecule has 6 rings (SSSR count). The molecule has 0 aliphatic rings. The highest BCUT2D eigenvalue weighted by molar-refractivity contribution is 6.05. The van der Waals surface area contributed by atoms with Crippen molar-refractivity contribution in [1.29, 1.82) is 0 Å². The summed E-state index contributed by atoms with van der Waals surface area (Å²) in [6.07, 6.45) is 3.85. The van der Waals surface area contributed by atoms with E-state index in [1.807, 2.05) is 54.9 Å². The van der Waals surface area contributed by atoms with Crippen LogP contribution in [0.2, 0.25) is 0 Å². The van der Waals surface area contributed by atoms with Crippen molar-refractivity contribution in [3.05, 3.63) is 102 Å². The fourth-order valence-electron chi connectivity index (χ4n) is 5.53. The van der Waals surface area contributed by atoms with Crippen LogP contribution in [-0.2, 0) is 13.2 Å². The molecule has 0 unspecified atom stereocenters. The molecule has 3 aromatic carbocycles. The zero-order chi connectivity index (χ0) is 27.1. The predicted octanol–water partition coefficient (Wildman–Crippen LogP) is 5.77. The van der Waals surface area contributed by atoms with Crippen molar-refractivity contribution in [3.63, 3.8) is 0 Å². The normalized spacial score (nSPS) is 11.4. The van der Waals surface area contributed by atoms with Gasteiger partial charge < -0.3 is 19.7 Å². The lowest BCUT2D eigenvalue weighted by Crippen LogP contribution is -2.26. The summed E-state index contributed by atoms with van der Waals surface area (Å²) in [5.74, 6) is 1.27. The number of methoxy groups -OCH3 is 2. The molecule has 0 bridgehead atoms. The van der Waals surface area contributed by atoms with Crippen molar-refractivity contribution >= 4 is 27.1 Å². The molecule has 0 aliphatic heterocycles. The van der Waals surface area contributed by atoms with E-state index in [9.17, 15) is 10.2 Å². The van der Waals surface area contributed by atoms with Crippen LogP contribution in [0.1, 0.15) is 16.8 Å². The molecule has 0 fully saturated rings. The number of benzene rings is 3. The number of rotatable bonds is 6. The molecule has 6 heteroatoms. The van der Waals surface area contributed by atoms with Crippen molar-refractivity contribution < 1.29 is 24.1 Å². The highest BCUT2D eigenvalue weighted by Gasteiger charge is 2.23. The van der Waals surface area contributed by atoms with Gasteiger partial charge >= 0.3 is 0 Å². The molecule has 0 saturated carbocycles. The molecule has 0 amide bonds. The number of aromatic nitrogens is 2. The quantitative estimate of drug-likeness (QED) is 0.167. The van der Waals surface area contributed by atoms with Crippen molar-refractivity contribution in [2.45, 2.75) is 20.1 Å². The van der Waals surface area contributed by atoms with Gasteiger partial charge in [-0.05, 0) is 58.0 Å². The Morgan fingerprint density at radius 2 is 1.49 bits per heavy atom. The third-order valence-electron chi connectivity index (χ3n) is 7.51. The summed E-state index contributed by atoms with van der Waals surface area (Å²) >= 11 is 0. The summed E-state index contributed by atoms with van der Waals surface area (Å²) in [7, 11) is 3.30. The van der Waals surface area contributed by atoms with Crippen molar-refractivity contribution in [2.24, 2.45) is 0 Å². The van der Waals surface area contributed by atoms with Gasteiger partial charge in [-0.1, -0.05) is 30.3 Å². The molecule has 3 aromatic heterocycles. The first-order chi connectivity index (χ1) is 19.1. The second kappa shape index (κ2) is 9.98. The fraction of sp³-hybridized carbons (Fsp3) is 0.152.